The van der Waals surface area contributed by atoms with Crippen LogP contribution in [0.4, 0.5) is 5.69 Å². The van der Waals surface area contributed by atoms with Gasteiger partial charge in [-0.15, -0.1) is 0 Å². The van der Waals surface area contributed by atoms with Crippen LogP contribution >= 0.6 is 0 Å². The van der Waals surface area contributed by atoms with Crippen molar-refractivity contribution in [1.29, 1.82) is 0 Å². The molecule has 1 aliphatic heterocycles. The van der Waals surface area contributed by atoms with Gasteiger partial charge in [0.05, 0.1) is 0 Å². The first-order chi connectivity index (χ1) is 10.8. The van der Waals surface area contributed by atoms with E-state index >= 15 is 0 Å². The van der Waals surface area contributed by atoms with Gasteiger partial charge >= 0.3 is 0 Å². The van der Waals surface area contributed by atoms with Gasteiger partial charge < -0.3 is 10.2 Å². The Labute approximate surface area is 128 Å². The van der Waals surface area contributed by atoms with E-state index in [2.05, 4.69) is 10.2 Å². The number of anilines is 1. The van der Waals surface area contributed by atoms with Crippen LogP contribution in [0.5, 0.6) is 0 Å². The molecule has 0 unspecified atom stereocenters. The van der Waals surface area contributed by atoms with Crippen LogP contribution in [0.2, 0.25) is 0 Å². The van der Waals surface area contributed by atoms with Crippen molar-refractivity contribution in [3.05, 3.63) is 64.7 Å². The molecule has 4 heteroatoms. The van der Waals surface area contributed by atoms with E-state index in [1.165, 1.54) is 0 Å². The Morgan fingerprint density at radius 3 is 2.05 bits per heavy atom. The molecule has 0 atom stereocenters. The third-order valence-electron chi connectivity index (χ3n) is 4.39. The first-order valence-corrected chi connectivity index (χ1v) is 7.54. The molecule has 0 amide bonds. The quantitative estimate of drug-likeness (QED) is 0.744. The van der Waals surface area contributed by atoms with Crippen molar-refractivity contribution in [3.8, 4) is 0 Å². The average Bonchev–Trinajstić information content (AvgIpc) is 2.60. The van der Waals surface area contributed by atoms with Crippen LogP contribution in [0.25, 0.3) is 0 Å². The molecule has 1 heterocycles. The fourth-order valence-electron chi connectivity index (χ4n) is 3.21. The lowest BCUT2D eigenvalue weighted by atomic mass is 9.84. The Kier molecular flexibility index (Phi) is 3.05. The first kappa shape index (κ1) is 13.2. The molecule has 0 bridgehead atoms. The molecule has 1 aliphatic carbocycles. The maximum Gasteiger partial charge on any atom is 0.194 e. The van der Waals surface area contributed by atoms with E-state index in [1.54, 1.807) is 30.3 Å². The number of piperazine rings is 1. The lowest BCUT2D eigenvalue weighted by Gasteiger charge is -2.30. The van der Waals surface area contributed by atoms with Crippen LogP contribution in [-0.4, -0.2) is 37.7 Å². The van der Waals surface area contributed by atoms with Crippen molar-refractivity contribution in [3.63, 3.8) is 0 Å². The van der Waals surface area contributed by atoms with E-state index in [4.69, 9.17) is 0 Å². The number of nitrogens with one attached hydrogen (secondary N) is 1. The van der Waals surface area contributed by atoms with E-state index in [9.17, 15) is 9.59 Å². The van der Waals surface area contributed by atoms with Crippen LogP contribution in [0.3, 0.4) is 0 Å². The molecule has 4 nitrogen and oxygen atoms in total. The molecule has 110 valence electrons. The maximum absolute atomic E-state index is 12.7. The van der Waals surface area contributed by atoms with Gasteiger partial charge in [0.2, 0.25) is 0 Å². The summed E-state index contributed by atoms with van der Waals surface area (Å²) >= 11 is 0. The number of nitrogens with zero attached hydrogens (tertiary/aromatic N) is 1. The van der Waals surface area contributed by atoms with Crippen LogP contribution in [0.15, 0.2) is 42.5 Å². The summed E-state index contributed by atoms with van der Waals surface area (Å²) in [7, 11) is 0. The van der Waals surface area contributed by atoms with Gasteiger partial charge in [0.1, 0.15) is 0 Å². The second kappa shape index (κ2) is 5.07. The predicted octanol–water partition coefficient (Wildman–Crippen LogP) is 1.87. The van der Waals surface area contributed by atoms with Crippen molar-refractivity contribution in [2.75, 3.05) is 31.1 Å². The molecular weight excluding hydrogens is 276 g/mol. The van der Waals surface area contributed by atoms with E-state index in [-0.39, 0.29) is 11.6 Å². The molecule has 1 N–H and O–H groups in total. The molecule has 1 saturated heterocycles. The Balaban J connectivity index is 1.80. The minimum Gasteiger partial charge on any atom is -0.369 e. The topological polar surface area (TPSA) is 49.4 Å². The molecule has 0 saturated carbocycles. The van der Waals surface area contributed by atoms with E-state index < -0.39 is 0 Å². The Bertz CT molecular complexity index is 776. The average molecular weight is 292 g/mol. The number of benzene rings is 2. The largest absolute Gasteiger partial charge is 0.369 e. The van der Waals surface area contributed by atoms with Gasteiger partial charge in [-0.2, -0.15) is 0 Å². The molecule has 2 aromatic rings. The Morgan fingerprint density at radius 1 is 0.773 bits per heavy atom. The van der Waals surface area contributed by atoms with Crippen LogP contribution in [0.1, 0.15) is 31.8 Å². The van der Waals surface area contributed by atoms with Gasteiger partial charge in [-0.1, -0.05) is 24.3 Å². The molecule has 1 fully saturated rings. The number of ketones is 2. The van der Waals surface area contributed by atoms with Gasteiger partial charge in [0, 0.05) is 54.1 Å². The van der Waals surface area contributed by atoms with Crippen molar-refractivity contribution < 1.29 is 9.59 Å². The Hall–Kier alpha value is -2.46. The van der Waals surface area contributed by atoms with E-state index in [0.29, 0.717) is 22.3 Å². The molecule has 2 aliphatic rings. The summed E-state index contributed by atoms with van der Waals surface area (Å²) in [6.07, 6.45) is 0. The fraction of sp³-hybridized carbons (Fsp3) is 0.222. The number of rotatable bonds is 1. The highest BCUT2D eigenvalue weighted by Gasteiger charge is 2.29. The number of hydrogen-bond donors (Lipinski definition) is 1. The molecule has 0 aromatic heterocycles. The van der Waals surface area contributed by atoms with Gasteiger partial charge in [-0.05, 0) is 18.2 Å². The second-order valence-corrected chi connectivity index (χ2v) is 5.67. The summed E-state index contributed by atoms with van der Waals surface area (Å²) in [4.78, 5) is 27.5. The molecule has 0 spiro atoms. The highest BCUT2D eigenvalue weighted by molar-refractivity contribution is 6.28. The van der Waals surface area contributed by atoms with Crippen LogP contribution in [0, 0.1) is 0 Å². The molecule has 4 rings (SSSR count). The number of carbonyl (C=O) groups excluding carboxylic acids is 2. The first-order valence-electron chi connectivity index (χ1n) is 7.54. The predicted molar refractivity (Wildman–Crippen MR) is 84.8 cm³/mol. The number of hydrogen-bond acceptors (Lipinski definition) is 4. The standard InChI is InChI=1S/C18H16N2O2/c21-17-13-3-1-2-4-14(13)18(22)16-11-12(5-6-15(16)17)20-9-7-19-8-10-20/h1-6,11,19H,7-10H2. The summed E-state index contributed by atoms with van der Waals surface area (Å²) in [6, 6.07) is 12.7. The lowest BCUT2D eigenvalue weighted by Crippen LogP contribution is -2.43. The molecule has 0 radical (unpaired) electrons. The van der Waals surface area contributed by atoms with Crippen LogP contribution in [-0.2, 0) is 0 Å². The summed E-state index contributed by atoms with van der Waals surface area (Å²) in [5, 5.41) is 3.31. The normalized spacial score (nSPS) is 17.2. The zero-order chi connectivity index (χ0) is 15.1. The molecule has 22 heavy (non-hydrogen) atoms. The minimum atomic E-state index is -0.0583. The van der Waals surface area contributed by atoms with Gasteiger partial charge in [0.25, 0.3) is 0 Å². The van der Waals surface area contributed by atoms with Crippen molar-refractivity contribution in [1.82, 2.24) is 5.32 Å². The third-order valence-corrected chi connectivity index (χ3v) is 4.39. The molecule has 2 aromatic carbocycles. The SMILES string of the molecule is O=C1c2ccccc2C(=O)c2cc(N3CCNCC3)ccc21. The van der Waals surface area contributed by atoms with E-state index in [1.807, 2.05) is 12.1 Å². The highest BCUT2D eigenvalue weighted by atomic mass is 16.1. The van der Waals surface area contributed by atoms with Gasteiger partial charge in [0.15, 0.2) is 11.6 Å². The number of fused-ring (bicyclic) bond motifs is 2. The summed E-state index contributed by atoms with van der Waals surface area (Å²) in [6.45, 7) is 3.70. The van der Waals surface area contributed by atoms with Crippen LogP contribution < -0.4 is 10.2 Å². The van der Waals surface area contributed by atoms with Crippen molar-refractivity contribution in [2.45, 2.75) is 0 Å². The number of carbonyl (C=O) groups is 2. The monoisotopic (exact) mass is 292 g/mol. The zero-order valence-electron chi connectivity index (χ0n) is 12.1. The summed E-state index contributed by atoms with van der Waals surface area (Å²) in [5.41, 5.74) is 3.08. The van der Waals surface area contributed by atoms with E-state index in [0.717, 1.165) is 31.9 Å². The Morgan fingerprint density at radius 2 is 1.36 bits per heavy atom. The maximum atomic E-state index is 12.7. The highest BCUT2D eigenvalue weighted by Crippen LogP contribution is 2.30. The third kappa shape index (κ3) is 1.96. The zero-order valence-corrected chi connectivity index (χ0v) is 12.1. The molecular formula is C18H16N2O2. The lowest BCUT2D eigenvalue weighted by molar-refractivity contribution is 0.0979. The summed E-state index contributed by atoms with van der Waals surface area (Å²) < 4.78 is 0. The van der Waals surface area contributed by atoms with Crippen molar-refractivity contribution in [2.24, 2.45) is 0 Å². The van der Waals surface area contributed by atoms with Crippen molar-refractivity contribution >= 4 is 17.3 Å². The second-order valence-electron chi connectivity index (χ2n) is 5.67. The fourth-order valence-corrected chi connectivity index (χ4v) is 3.21. The van der Waals surface area contributed by atoms with Gasteiger partial charge in [-0.3, -0.25) is 9.59 Å². The smallest absolute Gasteiger partial charge is 0.194 e. The van der Waals surface area contributed by atoms with Gasteiger partial charge in [-0.25, -0.2) is 0 Å². The minimum absolute atomic E-state index is 0.0535. The summed E-state index contributed by atoms with van der Waals surface area (Å²) in [5.74, 6) is -0.112.